The number of aromatic nitrogens is 2. The molecule has 1 aromatic carbocycles. The van der Waals surface area contributed by atoms with Crippen LogP contribution in [-0.2, 0) is 19.4 Å². The standard InChI is InChI=1S/C14H16FN3/c15-13-4-2-1-3-10(13)7-12-9-18-8-11(16)5-6-14(18)17-12/h1-4,9,11H,5-8,16H2. The number of rotatable bonds is 2. The second-order valence-electron chi connectivity index (χ2n) is 4.87. The smallest absolute Gasteiger partial charge is 0.126 e. The summed E-state index contributed by atoms with van der Waals surface area (Å²) in [7, 11) is 0. The molecule has 0 aliphatic carbocycles. The fourth-order valence-corrected chi connectivity index (χ4v) is 2.45. The summed E-state index contributed by atoms with van der Waals surface area (Å²) in [6.45, 7) is 0.819. The number of fused-ring (bicyclic) bond motifs is 1. The molecule has 1 atom stereocenters. The SMILES string of the molecule is NC1CCc2nc(Cc3ccccc3F)cn2C1. The molecule has 0 spiro atoms. The Morgan fingerprint density at radius 2 is 2.22 bits per heavy atom. The van der Waals surface area contributed by atoms with Gasteiger partial charge in [0.1, 0.15) is 11.6 Å². The Morgan fingerprint density at radius 1 is 1.39 bits per heavy atom. The molecule has 2 heterocycles. The van der Waals surface area contributed by atoms with Crippen LogP contribution in [0.15, 0.2) is 30.5 Å². The summed E-state index contributed by atoms with van der Waals surface area (Å²) in [5, 5.41) is 0. The number of halogens is 1. The van der Waals surface area contributed by atoms with Crippen LogP contribution < -0.4 is 5.73 Å². The highest BCUT2D eigenvalue weighted by Gasteiger charge is 2.17. The van der Waals surface area contributed by atoms with Gasteiger partial charge in [0, 0.05) is 31.6 Å². The molecular formula is C14H16FN3. The van der Waals surface area contributed by atoms with E-state index < -0.39 is 0 Å². The van der Waals surface area contributed by atoms with Crippen LogP contribution in [0.3, 0.4) is 0 Å². The molecule has 2 aromatic rings. The van der Waals surface area contributed by atoms with E-state index in [1.54, 1.807) is 12.1 Å². The molecule has 94 valence electrons. The van der Waals surface area contributed by atoms with E-state index in [0.29, 0.717) is 12.0 Å². The quantitative estimate of drug-likeness (QED) is 0.878. The lowest BCUT2D eigenvalue weighted by Gasteiger charge is -2.19. The van der Waals surface area contributed by atoms with Gasteiger partial charge in [0.15, 0.2) is 0 Å². The number of imidazole rings is 1. The molecule has 2 N–H and O–H groups in total. The summed E-state index contributed by atoms with van der Waals surface area (Å²) >= 11 is 0. The minimum atomic E-state index is -0.167. The van der Waals surface area contributed by atoms with Crippen LogP contribution in [0.4, 0.5) is 4.39 Å². The molecule has 1 aliphatic heterocycles. The van der Waals surface area contributed by atoms with Gasteiger partial charge in [0.25, 0.3) is 0 Å². The Kier molecular flexibility index (Phi) is 2.88. The van der Waals surface area contributed by atoms with Crippen LogP contribution in [0.2, 0.25) is 0 Å². The molecule has 3 rings (SSSR count). The van der Waals surface area contributed by atoms with Gasteiger partial charge in [0.2, 0.25) is 0 Å². The van der Waals surface area contributed by atoms with Crippen molar-refractivity contribution in [3.63, 3.8) is 0 Å². The van der Waals surface area contributed by atoms with Crippen molar-refractivity contribution in [3.05, 3.63) is 53.4 Å². The van der Waals surface area contributed by atoms with E-state index in [2.05, 4.69) is 9.55 Å². The monoisotopic (exact) mass is 245 g/mol. The van der Waals surface area contributed by atoms with E-state index in [1.807, 2.05) is 12.3 Å². The van der Waals surface area contributed by atoms with Gasteiger partial charge in [-0.15, -0.1) is 0 Å². The number of nitrogens with two attached hydrogens (primary N) is 1. The summed E-state index contributed by atoms with van der Waals surface area (Å²) in [5.74, 6) is 0.906. The molecule has 18 heavy (non-hydrogen) atoms. The fraction of sp³-hybridized carbons (Fsp3) is 0.357. The number of benzene rings is 1. The molecule has 1 aromatic heterocycles. The molecule has 0 amide bonds. The normalized spacial score (nSPS) is 18.7. The summed E-state index contributed by atoms with van der Waals surface area (Å²) in [6, 6.07) is 7.06. The highest BCUT2D eigenvalue weighted by Crippen LogP contribution is 2.17. The minimum Gasteiger partial charge on any atom is -0.333 e. The van der Waals surface area contributed by atoms with E-state index in [-0.39, 0.29) is 11.9 Å². The summed E-state index contributed by atoms with van der Waals surface area (Å²) in [4.78, 5) is 4.56. The first-order valence-electron chi connectivity index (χ1n) is 6.26. The second-order valence-corrected chi connectivity index (χ2v) is 4.87. The van der Waals surface area contributed by atoms with Crippen molar-refractivity contribution in [2.75, 3.05) is 0 Å². The zero-order chi connectivity index (χ0) is 12.5. The number of aryl methyl sites for hydroxylation is 1. The van der Waals surface area contributed by atoms with Crippen LogP contribution >= 0.6 is 0 Å². The minimum absolute atomic E-state index is 0.167. The molecule has 1 unspecified atom stereocenters. The predicted molar refractivity (Wildman–Crippen MR) is 67.7 cm³/mol. The van der Waals surface area contributed by atoms with E-state index in [0.717, 1.165) is 30.9 Å². The maximum atomic E-state index is 13.6. The lowest BCUT2D eigenvalue weighted by molar-refractivity contribution is 0.453. The Balaban J connectivity index is 1.84. The van der Waals surface area contributed by atoms with E-state index in [4.69, 9.17) is 5.73 Å². The van der Waals surface area contributed by atoms with Gasteiger partial charge in [-0.2, -0.15) is 0 Å². The average Bonchev–Trinajstić information content (AvgIpc) is 2.73. The number of nitrogens with zero attached hydrogens (tertiary/aromatic N) is 2. The fourth-order valence-electron chi connectivity index (χ4n) is 2.45. The summed E-state index contributed by atoms with van der Waals surface area (Å²) < 4.78 is 15.7. The van der Waals surface area contributed by atoms with Crippen LogP contribution in [0.1, 0.15) is 23.5 Å². The highest BCUT2D eigenvalue weighted by molar-refractivity contribution is 5.23. The van der Waals surface area contributed by atoms with Gasteiger partial charge in [-0.05, 0) is 18.1 Å². The van der Waals surface area contributed by atoms with Gasteiger partial charge in [-0.25, -0.2) is 9.37 Å². The Labute approximate surface area is 105 Å². The van der Waals surface area contributed by atoms with Crippen molar-refractivity contribution in [2.45, 2.75) is 31.8 Å². The van der Waals surface area contributed by atoms with Crippen molar-refractivity contribution < 1.29 is 4.39 Å². The zero-order valence-electron chi connectivity index (χ0n) is 10.1. The highest BCUT2D eigenvalue weighted by atomic mass is 19.1. The molecule has 0 fully saturated rings. The van der Waals surface area contributed by atoms with Crippen molar-refractivity contribution in [1.29, 1.82) is 0 Å². The topological polar surface area (TPSA) is 43.8 Å². The first kappa shape index (κ1) is 11.4. The van der Waals surface area contributed by atoms with E-state index in [1.165, 1.54) is 6.07 Å². The molecule has 1 aliphatic rings. The summed E-state index contributed by atoms with van der Waals surface area (Å²) in [5.41, 5.74) is 7.54. The van der Waals surface area contributed by atoms with Crippen molar-refractivity contribution >= 4 is 0 Å². The van der Waals surface area contributed by atoms with Gasteiger partial charge < -0.3 is 10.3 Å². The molecule has 0 saturated heterocycles. The van der Waals surface area contributed by atoms with Gasteiger partial charge in [-0.1, -0.05) is 18.2 Å². The van der Waals surface area contributed by atoms with Gasteiger partial charge in [0.05, 0.1) is 5.69 Å². The first-order valence-corrected chi connectivity index (χ1v) is 6.26. The Hall–Kier alpha value is -1.68. The largest absolute Gasteiger partial charge is 0.333 e. The number of hydrogen-bond donors (Lipinski definition) is 1. The molecule has 0 radical (unpaired) electrons. The van der Waals surface area contributed by atoms with Gasteiger partial charge in [-0.3, -0.25) is 0 Å². The molecule has 0 bridgehead atoms. The zero-order valence-corrected chi connectivity index (χ0v) is 10.1. The Bertz CT molecular complexity index is 562. The maximum absolute atomic E-state index is 13.6. The molecule has 0 saturated carbocycles. The summed E-state index contributed by atoms with van der Waals surface area (Å²) in [6.07, 6.45) is 4.44. The van der Waals surface area contributed by atoms with Gasteiger partial charge >= 0.3 is 0 Å². The second kappa shape index (κ2) is 4.53. The van der Waals surface area contributed by atoms with Crippen LogP contribution in [0.25, 0.3) is 0 Å². The van der Waals surface area contributed by atoms with Crippen LogP contribution in [0, 0.1) is 5.82 Å². The lowest BCUT2D eigenvalue weighted by atomic mass is 10.1. The first-order chi connectivity index (χ1) is 8.72. The maximum Gasteiger partial charge on any atom is 0.126 e. The average molecular weight is 245 g/mol. The van der Waals surface area contributed by atoms with Crippen LogP contribution in [-0.4, -0.2) is 15.6 Å². The lowest BCUT2D eigenvalue weighted by Crippen LogP contribution is -2.31. The molecular weight excluding hydrogens is 229 g/mol. The van der Waals surface area contributed by atoms with E-state index >= 15 is 0 Å². The Morgan fingerprint density at radius 3 is 3.06 bits per heavy atom. The number of hydrogen-bond acceptors (Lipinski definition) is 2. The molecule has 4 heteroatoms. The third kappa shape index (κ3) is 2.16. The third-order valence-electron chi connectivity index (χ3n) is 3.41. The van der Waals surface area contributed by atoms with Crippen LogP contribution in [0.5, 0.6) is 0 Å². The van der Waals surface area contributed by atoms with E-state index in [9.17, 15) is 4.39 Å². The predicted octanol–water partition coefficient (Wildman–Crippen LogP) is 1.89. The molecule has 3 nitrogen and oxygen atoms in total. The van der Waals surface area contributed by atoms with Crippen molar-refractivity contribution in [1.82, 2.24) is 9.55 Å². The third-order valence-corrected chi connectivity index (χ3v) is 3.41. The van der Waals surface area contributed by atoms with Crippen molar-refractivity contribution in [3.8, 4) is 0 Å². The van der Waals surface area contributed by atoms with Crippen molar-refractivity contribution in [2.24, 2.45) is 5.73 Å².